The highest BCUT2D eigenvalue weighted by molar-refractivity contribution is 7.18. The molecule has 1 saturated heterocycles. The van der Waals surface area contributed by atoms with E-state index in [-0.39, 0.29) is 10.9 Å². The van der Waals surface area contributed by atoms with Crippen LogP contribution in [0, 0.1) is 10.1 Å². The molecular formula is C18H23N5O3S. The van der Waals surface area contributed by atoms with Gasteiger partial charge in [-0.2, -0.15) is 0 Å². The highest BCUT2D eigenvalue weighted by Crippen LogP contribution is 2.28. The van der Waals surface area contributed by atoms with E-state index in [1.54, 1.807) is 0 Å². The third-order valence-electron chi connectivity index (χ3n) is 4.52. The Morgan fingerprint density at radius 1 is 1.22 bits per heavy atom. The molecule has 1 aliphatic heterocycles. The van der Waals surface area contributed by atoms with Gasteiger partial charge in [-0.25, -0.2) is 4.98 Å². The van der Waals surface area contributed by atoms with Crippen LogP contribution in [-0.4, -0.2) is 53.4 Å². The fourth-order valence-corrected chi connectivity index (χ4v) is 3.82. The second-order valence-electron chi connectivity index (χ2n) is 6.55. The second-order valence-corrected chi connectivity index (χ2v) is 7.54. The molecule has 0 spiro atoms. The van der Waals surface area contributed by atoms with Crippen molar-refractivity contribution in [2.45, 2.75) is 19.9 Å². The summed E-state index contributed by atoms with van der Waals surface area (Å²) in [4.78, 5) is 30.0. The number of nitrogens with zero attached hydrogens (tertiary/aromatic N) is 4. The standard InChI is InChI=1S/C18H23N5O3S/c1-14(24)19-7-6-15-2-4-16(5-3-15)13-21-8-10-22(11-9-21)18-20-12-17(27-18)23(25)26/h2-5,12H,6-11,13H2,1H3,(H,19,24). The zero-order valence-corrected chi connectivity index (χ0v) is 16.1. The van der Waals surface area contributed by atoms with Crippen LogP contribution in [0.15, 0.2) is 30.5 Å². The Morgan fingerprint density at radius 2 is 1.89 bits per heavy atom. The number of aromatic nitrogens is 1. The average molecular weight is 389 g/mol. The summed E-state index contributed by atoms with van der Waals surface area (Å²) in [6.45, 7) is 6.51. The van der Waals surface area contributed by atoms with Crippen molar-refractivity contribution in [3.05, 3.63) is 51.7 Å². The van der Waals surface area contributed by atoms with Crippen LogP contribution in [-0.2, 0) is 17.8 Å². The minimum absolute atomic E-state index is 0.00174. The number of rotatable bonds is 7. The number of nitro groups is 1. The van der Waals surface area contributed by atoms with Gasteiger partial charge in [0.15, 0.2) is 5.13 Å². The molecule has 1 aromatic carbocycles. The lowest BCUT2D eigenvalue weighted by molar-refractivity contribution is -0.380. The van der Waals surface area contributed by atoms with Crippen LogP contribution in [0.5, 0.6) is 0 Å². The molecule has 1 fully saturated rings. The van der Waals surface area contributed by atoms with Gasteiger partial charge in [-0.15, -0.1) is 0 Å². The number of anilines is 1. The molecule has 1 amide bonds. The van der Waals surface area contributed by atoms with Crippen molar-refractivity contribution in [2.75, 3.05) is 37.6 Å². The molecule has 0 radical (unpaired) electrons. The normalized spacial score (nSPS) is 14.9. The smallest absolute Gasteiger partial charge is 0.345 e. The van der Waals surface area contributed by atoms with Crippen LogP contribution < -0.4 is 10.2 Å². The average Bonchev–Trinajstić information content (AvgIpc) is 3.14. The van der Waals surface area contributed by atoms with Crippen LogP contribution in [0.1, 0.15) is 18.1 Å². The number of amides is 1. The monoisotopic (exact) mass is 389 g/mol. The number of piperazine rings is 1. The molecule has 1 N–H and O–H groups in total. The Kier molecular flexibility index (Phi) is 6.36. The van der Waals surface area contributed by atoms with Gasteiger partial charge in [-0.3, -0.25) is 19.8 Å². The lowest BCUT2D eigenvalue weighted by Crippen LogP contribution is -2.45. The fraction of sp³-hybridized carbons (Fsp3) is 0.444. The first-order valence-electron chi connectivity index (χ1n) is 8.91. The van der Waals surface area contributed by atoms with Gasteiger partial charge in [-0.05, 0) is 28.9 Å². The Balaban J connectivity index is 1.46. The van der Waals surface area contributed by atoms with Gasteiger partial charge < -0.3 is 10.2 Å². The van der Waals surface area contributed by atoms with Crippen LogP contribution in [0.4, 0.5) is 10.1 Å². The summed E-state index contributed by atoms with van der Waals surface area (Å²) in [5.74, 6) is -0.00174. The molecule has 8 nitrogen and oxygen atoms in total. The van der Waals surface area contributed by atoms with E-state index in [1.165, 1.54) is 24.2 Å². The number of hydrogen-bond acceptors (Lipinski definition) is 7. The second kappa shape index (κ2) is 8.92. The Morgan fingerprint density at radius 3 is 2.48 bits per heavy atom. The number of carbonyl (C=O) groups excluding carboxylic acids is 1. The summed E-state index contributed by atoms with van der Waals surface area (Å²) in [5.41, 5.74) is 2.47. The van der Waals surface area contributed by atoms with Crippen molar-refractivity contribution in [3.63, 3.8) is 0 Å². The van der Waals surface area contributed by atoms with Gasteiger partial charge in [0.2, 0.25) is 5.91 Å². The van der Waals surface area contributed by atoms with Gasteiger partial charge in [-0.1, -0.05) is 24.3 Å². The summed E-state index contributed by atoms with van der Waals surface area (Å²) in [7, 11) is 0. The van der Waals surface area contributed by atoms with E-state index in [0.717, 1.165) is 55.6 Å². The first-order valence-corrected chi connectivity index (χ1v) is 9.72. The maximum Gasteiger partial charge on any atom is 0.345 e. The van der Waals surface area contributed by atoms with Crippen molar-refractivity contribution >= 4 is 27.4 Å². The van der Waals surface area contributed by atoms with Gasteiger partial charge in [0.1, 0.15) is 6.20 Å². The maximum atomic E-state index is 10.9. The minimum atomic E-state index is -0.392. The summed E-state index contributed by atoms with van der Waals surface area (Å²) >= 11 is 1.13. The third kappa shape index (κ3) is 5.48. The number of carbonyl (C=O) groups is 1. The molecule has 0 atom stereocenters. The summed E-state index contributed by atoms with van der Waals surface area (Å²) in [6, 6.07) is 8.50. The molecule has 0 unspecified atom stereocenters. The van der Waals surface area contributed by atoms with Crippen molar-refractivity contribution < 1.29 is 9.72 Å². The van der Waals surface area contributed by atoms with Crippen LogP contribution in [0.3, 0.4) is 0 Å². The number of benzene rings is 1. The molecule has 0 aliphatic carbocycles. The fourth-order valence-electron chi connectivity index (χ4n) is 3.04. The van der Waals surface area contributed by atoms with Crippen LogP contribution >= 0.6 is 11.3 Å². The summed E-state index contributed by atoms with van der Waals surface area (Å²) in [6.07, 6.45) is 2.17. The Hall–Kier alpha value is -2.52. The summed E-state index contributed by atoms with van der Waals surface area (Å²) < 4.78 is 0. The van der Waals surface area contributed by atoms with Crippen molar-refractivity contribution in [3.8, 4) is 0 Å². The molecular weight excluding hydrogens is 366 g/mol. The quantitative estimate of drug-likeness (QED) is 0.576. The number of hydrogen-bond donors (Lipinski definition) is 1. The molecule has 0 saturated carbocycles. The van der Waals surface area contributed by atoms with Crippen molar-refractivity contribution in [1.29, 1.82) is 0 Å². The van der Waals surface area contributed by atoms with E-state index in [1.807, 2.05) is 0 Å². The topological polar surface area (TPSA) is 91.6 Å². The molecule has 2 aromatic rings. The first-order chi connectivity index (χ1) is 13.0. The summed E-state index contributed by atoms with van der Waals surface area (Å²) in [5, 5.41) is 14.4. The SMILES string of the molecule is CC(=O)NCCc1ccc(CN2CCN(c3ncc([N+](=O)[O-])s3)CC2)cc1. The molecule has 1 aromatic heterocycles. The molecule has 9 heteroatoms. The van der Waals surface area contributed by atoms with E-state index in [9.17, 15) is 14.9 Å². The highest BCUT2D eigenvalue weighted by atomic mass is 32.1. The van der Waals surface area contributed by atoms with E-state index >= 15 is 0 Å². The molecule has 1 aliphatic rings. The molecule has 2 heterocycles. The van der Waals surface area contributed by atoms with Gasteiger partial charge >= 0.3 is 5.00 Å². The molecule has 27 heavy (non-hydrogen) atoms. The maximum absolute atomic E-state index is 10.9. The van der Waals surface area contributed by atoms with Crippen LogP contribution in [0.25, 0.3) is 0 Å². The Bertz CT molecular complexity index is 785. The van der Waals surface area contributed by atoms with E-state index < -0.39 is 4.92 Å². The van der Waals surface area contributed by atoms with Crippen molar-refractivity contribution in [2.24, 2.45) is 0 Å². The zero-order chi connectivity index (χ0) is 19.2. The molecule has 144 valence electrons. The van der Waals surface area contributed by atoms with E-state index in [0.29, 0.717) is 6.54 Å². The zero-order valence-electron chi connectivity index (χ0n) is 15.3. The van der Waals surface area contributed by atoms with E-state index in [4.69, 9.17) is 0 Å². The van der Waals surface area contributed by atoms with E-state index in [2.05, 4.69) is 44.4 Å². The predicted octanol–water partition coefficient (Wildman–Crippen LogP) is 2.05. The molecule has 3 rings (SSSR count). The minimum Gasteiger partial charge on any atom is -0.356 e. The third-order valence-corrected chi connectivity index (χ3v) is 5.53. The number of nitrogens with one attached hydrogen (secondary N) is 1. The number of thiazole rings is 1. The first kappa shape index (κ1) is 19.2. The van der Waals surface area contributed by atoms with Crippen molar-refractivity contribution in [1.82, 2.24) is 15.2 Å². The van der Waals surface area contributed by atoms with Crippen LogP contribution in [0.2, 0.25) is 0 Å². The lowest BCUT2D eigenvalue weighted by Gasteiger charge is -2.34. The largest absolute Gasteiger partial charge is 0.356 e. The Labute approximate surface area is 162 Å². The lowest BCUT2D eigenvalue weighted by atomic mass is 10.1. The highest BCUT2D eigenvalue weighted by Gasteiger charge is 2.21. The molecule has 0 bridgehead atoms. The van der Waals surface area contributed by atoms with Gasteiger partial charge in [0.25, 0.3) is 0 Å². The van der Waals surface area contributed by atoms with Gasteiger partial charge in [0, 0.05) is 46.2 Å². The van der Waals surface area contributed by atoms with Gasteiger partial charge in [0.05, 0.1) is 4.92 Å². The predicted molar refractivity (Wildman–Crippen MR) is 105 cm³/mol.